The number of hydrogen-bond acceptors (Lipinski definition) is 4. The predicted octanol–water partition coefficient (Wildman–Crippen LogP) is 6.14. The summed E-state index contributed by atoms with van der Waals surface area (Å²) in [6.45, 7) is 1.92. The van der Waals surface area contributed by atoms with E-state index in [0.29, 0.717) is 18.2 Å². The van der Waals surface area contributed by atoms with Crippen LogP contribution in [0.25, 0.3) is 11.0 Å². The van der Waals surface area contributed by atoms with E-state index in [1.807, 2.05) is 66.7 Å². The monoisotopic (exact) mass is 436 g/mol. The molecule has 0 fully saturated rings. The highest BCUT2D eigenvalue weighted by molar-refractivity contribution is 6.30. The second-order valence-corrected chi connectivity index (χ2v) is 7.58. The maximum absolute atomic E-state index is 5.96. The number of ether oxygens (including phenoxy) is 3. The first kappa shape index (κ1) is 21.1. The predicted molar refractivity (Wildman–Crippen MR) is 123 cm³/mol. The molecule has 1 heterocycles. The average Bonchev–Trinajstić information content (AvgIpc) is 3.16. The second-order valence-electron chi connectivity index (χ2n) is 7.14. The van der Waals surface area contributed by atoms with Crippen molar-refractivity contribution in [2.75, 3.05) is 13.7 Å². The van der Waals surface area contributed by atoms with Crippen LogP contribution in [-0.4, -0.2) is 23.3 Å². The molecule has 4 rings (SSSR count). The summed E-state index contributed by atoms with van der Waals surface area (Å²) in [6.07, 6.45) is 1.92. The fourth-order valence-electron chi connectivity index (χ4n) is 3.40. The first-order chi connectivity index (χ1) is 15.2. The molecule has 0 N–H and O–H groups in total. The zero-order chi connectivity index (χ0) is 21.5. The van der Waals surface area contributed by atoms with Crippen LogP contribution in [0.4, 0.5) is 0 Å². The quantitative estimate of drug-likeness (QED) is 0.280. The third-order valence-electron chi connectivity index (χ3n) is 5.02. The van der Waals surface area contributed by atoms with Crippen molar-refractivity contribution in [3.63, 3.8) is 0 Å². The standard InChI is InChI=1S/C25H25ClN2O3/c1-29-20-12-14-21(15-13-20)30-17-5-4-16-28-24-7-3-2-6-23(24)27-25(28)18-31-22-10-8-19(26)9-11-22/h2-3,6-15H,4-5,16-18H2,1H3. The number of fused-ring (bicyclic) bond motifs is 1. The first-order valence-corrected chi connectivity index (χ1v) is 10.7. The van der Waals surface area contributed by atoms with Crippen molar-refractivity contribution in [3.05, 3.63) is 83.6 Å². The molecule has 0 aliphatic rings. The van der Waals surface area contributed by atoms with Crippen LogP contribution in [0.2, 0.25) is 5.02 Å². The van der Waals surface area contributed by atoms with E-state index in [9.17, 15) is 0 Å². The van der Waals surface area contributed by atoms with E-state index in [1.54, 1.807) is 7.11 Å². The van der Waals surface area contributed by atoms with Gasteiger partial charge in [-0.2, -0.15) is 0 Å². The van der Waals surface area contributed by atoms with Crippen molar-refractivity contribution in [2.45, 2.75) is 26.0 Å². The minimum absolute atomic E-state index is 0.401. The highest BCUT2D eigenvalue weighted by Crippen LogP contribution is 2.21. The molecule has 0 bridgehead atoms. The highest BCUT2D eigenvalue weighted by atomic mass is 35.5. The largest absolute Gasteiger partial charge is 0.497 e. The zero-order valence-electron chi connectivity index (χ0n) is 17.5. The molecule has 31 heavy (non-hydrogen) atoms. The van der Waals surface area contributed by atoms with E-state index in [-0.39, 0.29) is 0 Å². The van der Waals surface area contributed by atoms with E-state index >= 15 is 0 Å². The zero-order valence-corrected chi connectivity index (χ0v) is 18.2. The minimum atomic E-state index is 0.401. The van der Waals surface area contributed by atoms with Crippen LogP contribution in [0.3, 0.4) is 0 Å². The number of rotatable bonds is 10. The number of para-hydroxylation sites is 2. The average molecular weight is 437 g/mol. The van der Waals surface area contributed by atoms with Crippen LogP contribution >= 0.6 is 11.6 Å². The lowest BCUT2D eigenvalue weighted by Gasteiger charge is -2.11. The van der Waals surface area contributed by atoms with Gasteiger partial charge < -0.3 is 18.8 Å². The topological polar surface area (TPSA) is 45.5 Å². The Morgan fingerprint density at radius 1 is 0.806 bits per heavy atom. The Morgan fingerprint density at radius 3 is 2.26 bits per heavy atom. The van der Waals surface area contributed by atoms with Crippen LogP contribution in [0.15, 0.2) is 72.8 Å². The Balaban J connectivity index is 1.35. The van der Waals surface area contributed by atoms with Crippen molar-refractivity contribution in [1.82, 2.24) is 9.55 Å². The normalized spacial score (nSPS) is 10.9. The maximum Gasteiger partial charge on any atom is 0.147 e. The van der Waals surface area contributed by atoms with Gasteiger partial charge >= 0.3 is 0 Å². The van der Waals surface area contributed by atoms with Gasteiger partial charge in [0.15, 0.2) is 0 Å². The molecule has 0 spiro atoms. The Labute approximate surface area is 187 Å². The summed E-state index contributed by atoms with van der Waals surface area (Å²) in [7, 11) is 1.66. The van der Waals surface area contributed by atoms with Crippen molar-refractivity contribution in [2.24, 2.45) is 0 Å². The third-order valence-corrected chi connectivity index (χ3v) is 5.27. The molecular formula is C25H25ClN2O3. The molecule has 0 saturated heterocycles. The van der Waals surface area contributed by atoms with Crippen LogP contribution in [0.5, 0.6) is 17.2 Å². The lowest BCUT2D eigenvalue weighted by atomic mass is 10.3. The lowest BCUT2D eigenvalue weighted by Crippen LogP contribution is -2.08. The van der Waals surface area contributed by atoms with E-state index in [2.05, 4.69) is 10.6 Å². The number of aryl methyl sites for hydroxylation is 1. The number of hydrogen-bond donors (Lipinski definition) is 0. The summed E-state index contributed by atoms with van der Waals surface area (Å²) in [5.74, 6) is 3.36. The van der Waals surface area contributed by atoms with E-state index < -0.39 is 0 Å². The smallest absolute Gasteiger partial charge is 0.147 e. The summed E-state index contributed by atoms with van der Waals surface area (Å²) < 4.78 is 19.2. The Hall–Kier alpha value is -3.18. The fourth-order valence-corrected chi connectivity index (χ4v) is 3.52. The first-order valence-electron chi connectivity index (χ1n) is 10.3. The summed E-state index contributed by atoms with van der Waals surface area (Å²) in [5, 5.41) is 0.691. The van der Waals surface area contributed by atoms with Gasteiger partial charge in [-0.15, -0.1) is 0 Å². The van der Waals surface area contributed by atoms with Gasteiger partial charge in [0, 0.05) is 11.6 Å². The molecule has 0 atom stereocenters. The van der Waals surface area contributed by atoms with Crippen LogP contribution < -0.4 is 14.2 Å². The molecule has 0 saturated carbocycles. The maximum atomic E-state index is 5.96. The highest BCUT2D eigenvalue weighted by Gasteiger charge is 2.11. The molecule has 0 radical (unpaired) electrons. The van der Waals surface area contributed by atoms with Gasteiger partial charge in [0.25, 0.3) is 0 Å². The van der Waals surface area contributed by atoms with Gasteiger partial charge in [0.1, 0.15) is 29.7 Å². The summed E-state index contributed by atoms with van der Waals surface area (Å²) in [6, 6.07) is 23.2. The van der Waals surface area contributed by atoms with Crippen LogP contribution in [0.1, 0.15) is 18.7 Å². The number of halogens is 1. The second kappa shape index (κ2) is 10.2. The van der Waals surface area contributed by atoms with Gasteiger partial charge in [-0.05, 0) is 73.5 Å². The Morgan fingerprint density at radius 2 is 1.48 bits per heavy atom. The molecule has 1 aromatic heterocycles. The number of methoxy groups -OCH3 is 1. The Bertz CT molecular complexity index is 1110. The summed E-state index contributed by atoms with van der Waals surface area (Å²) >= 11 is 5.96. The molecule has 4 aromatic rings. The summed E-state index contributed by atoms with van der Waals surface area (Å²) in [4.78, 5) is 4.78. The molecule has 0 unspecified atom stereocenters. The minimum Gasteiger partial charge on any atom is -0.497 e. The lowest BCUT2D eigenvalue weighted by molar-refractivity contribution is 0.285. The van der Waals surface area contributed by atoms with E-state index in [4.69, 9.17) is 30.8 Å². The molecule has 0 aliphatic carbocycles. The van der Waals surface area contributed by atoms with Crippen molar-refractivity contribution >= 4 is 22.6 Å². The molecule has 3 aromatic carbocycles. The molecule has 6 heteroatoms. The molecule has 0 aliphatic heterocycles. The SMILES string of the molecule is COc1ccc(OCCCCn2c(COc3ccc(Cl)cc3)nc3ccccc32)cc1. The molecular weight excluding hydrogens is 412 g/mol. The summed E-state index contributed by atoms with van der Waals surface area (Å²) in [5.41, 5.74) is 2.10. The molecule has 5 nitrogen and oxygen atoms in total. The van der Waals surface area contributed by atoms with Crippen LogP contribution in [-0.2, 0) is 13.2 Å². The molecule has 160 valence electrons. The van der Waals surface area contributed by atoms with Gasteiger partial charge in [-0.1, -0.05) is 23.7 Å². The van der Waals surface area contributed by atoms with Gasteiger partial charge in [0.2, 0.25) is 0 Å². The third kappa shape index (κ3) is 5.50. The van der Waals surface area contributed by atoms with Gasteiger partial charge in [-0.3, -0.25) is 0 Å². The van der Waals surface area contributed by atoms with Gasteiger partial charge in [0.05, 0.1) is 24.8 Å². The Kier molecular flexibility index (Phi) is 6.95. The molecule has 0 amide bonds. The number of nitrogens with zero attached hydrogens (tertiary/aromatic N) is 2. The van der Waals surface area contributed by atoms with Gasteiger partial charge in [-0.25, -0.2) is 4.98 Å². The number of unbranched alkanes of at least 4 members (excludes halogenated alkanes) is 1. The fraction of sp³-hybridized carbons (Fsp3) is 0.240. The van der Waals surface area contributed by atoms with E-state index in [0.717, 1.165) is 53.5 Å². The van der Waals surface area contributed by atoms with Crippen LogP contribution in [0, 0.1) is 0 Å². The van der Waals surface area contributed by atoms with E-state index in [1.165, 1.54) is 0 Å². The van der Waals surface area contributed by atoms with Crippen molar-refractivity contribution < 1.29 is 14.2 Å². The number of benzene rings is 3. The van der Waals surface area contributed by atoms with Crippen molar-refractivity contribution in [3.8, 4) is 17.2 Å². The number of imidazole rings is 1. The van der Waals surface area contributed by atoms with Crippen molar-refractivity contribution in [1.29, 1.82) is 0 Å². The number of aromatic nitrogens is 2.